The number of nitrogens with one attached hydrogen (secondary N) is 1. The average Bonchev–Trinajstić information content (AvgIpc) is 2.85. The smallest absolute Gasteiger partial charge is 0.127 e. The summed E-state index contributed by atoms with van der Waals surface area (Å²) < 4.78 is 7.93. The monoisotopic (exact) mass is 381 g/mol. The molecule has 0 saturated carbocycles. The summed E-state index contributed by atoms with van der Waals surface area (Å²) in [6.45, 7) is 1.56. The lowest BCUT2D eigenvalue weighted by Gasteiger charge is -2.11. The molecule has 2 aromatic rings. The standard InChI is InChI=1S/C15H13Br2NO/c16-12-1-3-14(4-2-12)18-9-11-8-13(17)7-10-5-6-19-15(10)11/h1-4,7-8,18H,5-6,9H2. The topological polar surface area (TPSA) is 21.3 Å². The van der Waals surface area contributed by atoms with Crippen LogP contribution in [-0.4, -0.2) is 6.61 Å². The van der Waals surface area contributed by atoms with Crippen LogP contribution in [0.1, 0.15) is 11.1 Å². The van der Waals surface area contributed by atoms with Crippen LogP contribution in [0.3, 0.4) is 0 Å². The van der Waals surface area contributed by atoms with Gasteiger partial charge in [-0.05, 0) is 42.0 Å². The van der Waals surface area contributed by atoms with Gasteiger partial charge >= 0.3 is 0 Å². The van der Waals surface area contributed by atoms with Crippen molar-refractivity contribution in [3.05, 3.63) is 56.5 Å². The summed E-state index contributed by atoms with van der Waals surface area (Å²) >= 11 is 7.00. The van der Waals surface area contributed by atoms with Crippen LogP contribution in [0.5, 0.6) is 5.75 Å². The Bertz CT molecular complexity index is 596. The van der Waals surface area contributed by atoms with Crippen LogP contribution in [0.4, 0.5) is 5.69 Å². The van der Waals surface area contributed by atoms with Gasteiger partial charge in [-0.15, -0.1) is 0 Å². The maximum atomic E-state index is 5.72. The Balaban J connectivity index is 1.78. The van der Waals surface area contributed by atoms with E-state index in [0.29, 0.717) is 0 Å². The van der Waals surface area contributed by atoms with Crippen molar-refractivity contribution in [2.24, 2.45) is 0 Å². The number of fused-ring (bicyclic) bond motifs is 1. The molecule has 1 aliphatic heterocycles. The lowest BCUT2D eigenvalue weighted by molar-refractivity contribution is 0.354. The predicted octanol–water partition coefficient (Wildman–Crippen LogP) is 4.76. The van der Waals surface area contributed by atoms with Crippen LogP contribution in [-0.2, 0) is 13.0 Å². The molecule has 0 amide bonds. The molecule has 3 rings (SSSR count). The molecule has 0 unspecified atom stereocenters. The Morgan fingerprint density at radius 3 is 2.63 bits per heavy atom. The normalized spacial score (nSPS) is 12.9. The Morgan fingerprint density at radius 2 is 1.84 bits per heavy atom. The van der Waals surface area contributed by atoms with Crippen molar-refractivity contribution < 1.29 is 4.74 Å². The molecule has 0 saturated heterocycles. The van der Waals surface area contributed by atoms with Gasteiger partial charge in [0.25, 0.3) is 0 Å². The van der Waals surface area contributed by atoms with E-state index in [0.717, 1.165) is 40.0 Å². The lowest BCUT2D eigenvalue weighted by atomic mass is 10.1. The van der Waals surface area contributed by atoms with Gasteiger partial charge in [0.05, 0.1) is 6.61 Å². The molecule has 1 aliphatic rings. The summed E-state index contributed by atoms with van der Waals surface area (Å²) in [4.78, 5) is 0. The van der Waals surface area contributed by atoms with E-state index in [2.05, 4.69) is 61.4 Å². The first kappa shape index (κ1) is 13.0. The molecule has 0 aromatic heterocycles. The summed E-state index contributed by atoms with van der Waals surface area (Å²) in [5.41, 5.74) is 3.60. The van der Waals surface area contributed by atoms with E-state index in [4.69, 9.17) is 4.74 Å². The van der Waals surface area contributed by atoms with Crippen molar-refractivity contribution in [2.45, 2.75) is 13.0 Å². The number of halogens is 2. The van der Waals surface area contributed by atoms with Crippen LogP contribution in [0, 0.1) is 0 Å². The van der Waals surface area contributed by atoms with Crippen LogP contribution in [0.2, 0.25) is 0 Å². The van der Waals surface area contributed by atoms with Crippen LogP contribution >= 0.6 is 31.9 Å². The molecule has 0 spiro atoms. The molecule has 0 fully saturated rings. The lowest BCUT2D eigenvalue weighted by Crippen LogP contribution is -2.01. The fourth-order valence-corrected chi connectivity index (χ4v) is 3.06. The molecule has 0 radical (unpaired) electrons. The van der Waals surface area contributed by atoms with Crippen molar-refractivity contribution in [3.63, 3.8) is 0 Å². The first-order valence-electron chi connectivity index (χ1n) is 6.16. The van der Waals surface area contributed by atoms with Crippen molar-refractivity contribution in [2.75, 3.05) is 11.9 Å². The fourth-order valence-electron chi connectivity index (χ4n) is 2.24. The van der Waals surface area contributed by atoms with E-state index in [9.17, 15) is 0 Å². The summed E-state index contributed by atoms with van der Waals surface area (Å²) in [7, 11) is 0. The van der Waals surface area contributed by atoms with Crippen LogP contribution < -0.4 is 10.1 Å². The largest absolute Gasteiger partial charge is 0.493 e. The van der Waals surface area contributed by atoms with Gasteiger partial charge in [-0.3, -0.25) is 0 Å². The van der Waals surface area contributed by atoms with Gasteiger partial charge in [0.2, 0.25) is 0 Å². The second-order valence-electron chi connectivity index (χ2n) is 4.51. The molecule has 19 heavy (non-hydrogen) atoms. The van der Waals surface area contributed by atoms with Crippen molar-refractivity contribution in [1.29, 1.82) is 0 Å². The zero-order chi connectivity index (χ0) is 13.2. The molecule has 0 bridgehead atoms. The molecule has 2 nitrogen and oxygen atoms in total. The fraction of sp³-hybridized carbons (Fsp3) is 0.200. The molecule has 98 valence electrons. The minimum Gasteiger partial charge on any atom is -0.493 e. The Morgan fingerprint density at radius 1 is 1.05 bits per heavy atom. The van der Waals surface area contributed by atoms with Crippen molar-refractivity contribution in [1.82, 2.24) is 0 Å². The quantitative estimate of drug-likeness (QED) is 0.826. The zero-order valence-corrected chi connectivity index (χ0v) is 13.4. The second kappa shape index (κ2) is 5.55. The molecule has 0 aliphatic carbocycles. The van der Waals surface area contributed by atoms with Crippen LogP contribution in [0.25, 0.3) is 0 Å². The number of hydrogen-bond donors (Lipinski definition) is 1. The molecular weight excluding hydrogens is 370 g/mol. The summed E-state index contributed by atoms with van der Waals surface area (Å²) in [6, 6.07) is 12.4. The number of benzene rings is 2. The highest BCUT2D eigenvalue weighted by atomic mass is 79.9. The van der Waals surface area contributed by atoms with Gasteiger partial charge in [-0.2, -0.15) is 0 Å². The Kier molecular flexibility index (Phi) is 3.80. The van der Waals surface area contributed by atoms with Crippen LogP contribution in [0.15, 0.2) is 45.3 Å². The Labute approximate surface area is 129 Å². The number of hydrogen-bond acceptors (Lipinski definition) is 2. The third-order valence-corrected chi connectivity index (χ3v) is 4.14. The maximum Gasteiger partial charge on any atom is 0.127 e. The van der Waals surface area contributed by atoms with Gasteiger partial charge < -0.3 is 10.1 Å². The first-order chi connectivity index (χ1) is 9.22. The zero-order valence-electron chi connectivity index (χ0n) is 10.2. The third-order valence-electron chi connectivity index (χ3n) is 3.15. The number of rotatable bonds is 3. The molecule has 1 heterocycles. The minimum absolute atomic E-state index is 0.767. The van der Waals surface area contributed by atoms with E-state index >= 15 is 0 Å². The third kappa shape index (κ3) is 2.95. The number of ether oxygens (including phenoxy) is 1. The molecule has 2 aromatic carbocycles. The first-order valence-corrected chi connectivity index (χ1v) is 7.74. The van der Waals surface area contributed by atoms with Crippen molar-refractivity contribution in [3.8, 4) is 5.75 Å². The summed E-state index contributed by atoms with van der Waals surface area (Å²) in [5, 5.41) is 3.42. The van der Waals surface area contributed by atoms with Gasteiger partial charge in [0.15, 0.2) is 0 Å². The minimum atomic E-state index is 0.767. The molecule has 1 N–H and O–H groups in total. The average molecular weight is 383 g/mol. The summed E-state index contributed by atoms with van der Waals surface area (Å²) in [5.74, 6) is 1.05. The number of anilines is 1. The highest BCUT2D eigenvalue weighted by Crippen LogP contribution is 2.33. The SMILES string of the molecule is Brc1ccc(NCc2cc(Br)cc3c2OCC3)cc1. The Hall–Kier alpha value is -1.00. The van der Waals surface area contributed by atoms with Gasteiger partial charge in [-0.25, -0.2) is 0 Å². The van der Waals surface area contributed by atoms with Crippen molar-refractivity contribution >= 4 is 37.5 Å². The maximum absolute atomic E-state index is 5.72. The highest BCUT2D eigenvalue weighted by Gasteiger charge is 2.17. The molecule has 0 atom stereocenters. The predicted molar refractivity (Wildman–Crippen MR) is 84.8 cm³/mol. The van der Waals surface area contributed by atoms with Gasteiger partial charge in [0.1, 0.15) is 5.75 Å². The van der Waals surface area contributed by atoms with Gasteiger partial charge in [0, 0.05) is 33.2 Å². The van der Waals surface area contributed by atoms with E-state index in [1.165, 1.54) is 11.1 Å². The van der Waals surface area contributed by atoms with Gasteiger partial charge in [-0.1, -0.05) is 31.9 Å². The molecular formula is C15H13Br2NO. The van der Waals surface area contributed by atoms with E-state index in [1.807, 2.05) is 12.1 Å². The van der Waals surface area contributed by atoms with E-state index < -0.39 is 0 Å². The summed E-state index contributed by atoms with van der Waals surface area (Å²) in [6.07, 6.45) is 1.00. The highest BCUT2D eigenvalue weighted by molar-refractivity contribution is 9.10. The van der Waals surface area contributed by atoms with E-state index in [1.54, 1.807) is 0 Å². The van der Waals surface area contributed by atoms with E-state index in [-0.39, 0.29) is 0 Å². The molecule has 4 heteroatoms. The second-order valence-corrected chi connectivity index (χ2v) is 6.34.